The third kappa shape index (κ3) is 8.50. The van der Waals surface area contributed by atoms with Crippen LogP contribution in [-0.2, 0) is 0 Å². The molecule has 0 heterocycles. The van der Waals surface area contributed by atoms with E-state index in [9.17, 15) is 0 Å². The molecular weight excluding hydrogens is 228 g/mol. The molecule has 0 aromatic carbocycles. The number of rotatable bonds is 2. The monoisotopic (exact) mass is 264 g/mol. The molecule has 0 saturated heterocycles. The molecule has 0 aromatic heterocycles. The van der Waals surface area contributed by atoms with Crippen molar-refractivity contribution < 1.29 is 0 Å². The molecule has 112 valence electrons. The molecule has 0 aliphatic heterocycles. The lowest BCUT2D eigenvalue weighted by Gasteiger charge is -2.12. The lowest BCUT2D eigenvalue weighted by atomic mass is 9.95. The molecule has 0 nitrogen and oxygen atoms in total. The molecule has 19 heavy (non-hydrogen) atoms. The zero-order chi connectivity index (χ0) is 13.8. The molecule has 0 heteroatoms. The van der Waals surface area contributed by atoms with Crippen LogP contribution in [0.5, 0.6) is 0 Å². The lowest BCUT2D eigenvalue weighted by Crippen LogP contribution is -1.92. The summed E-state index contributed by atoms with van der Waals surface area (Å²) in [4.78, 5) is 0. The third-order valence-corrected chi connectivity index (χ3v) is 4.69. The van der Waals surface area contributed by atoms with Crippen molar-refractivity contribution >= 4 is 0 Å². The highest BCUT2D eigenvalue weighted by Gasteiger charge is 2.03. The minimum Gasteiger partial charge on any atom is -0.0741 e. The Hall–Kier alpha value is -0.260. The van der Waals surface area contributed by atoms with E-state index in [1.807, 2.05) is 0 Å². The second kappa shape index (κ2) is 11.6. The molecule has 0 spiro atoms. The van der Waals surface area contributed by atoms with E-state index in [1.165, 1.54) is 96.3 Å². The summed E-state index contributed by atoms with van der Waals surface area (Å²) >= 11 is 0. The van der Waals surface area contributed by atoms with E-state index in [1.54, 1.807) is 11.1 Å². The van der Waals surface area contributed by atoms with Gasteiger partial charge < -0.3 is 0 Å². The first kappa shape index (κ1) is 16.8. The molecule has 0 N–H and O–H groups in total. The number of hydrogen-bond acceptors (Lipinski definition) is 0. The first-order chi connectivity index (χ1) is 9.34. The van der Waals surface area contributed by atoms with E-state index < -0.39 is 0 Å². The Morgan fingerprint density at radius 3 is 1.53 bits per heavy atom. The summed E-state index contributed by atoms with van der Waals surface area (Å²) in [6.07, 6.45) is 21.6. The lowest BCUT2D eigenvalue weighted by molar-refractivity contribution is 0.548. The van der Waals surface area contributed by atoms with Crippen LogP contribution in [0.1, 0.15) is 110 Å². The maximum Gasteiger partial charge on any atom is -0.0318 e. The largest absolute Gasteiger partial charge is 0.0741 e. The molecule has 0 amide bonds. The smallest absolute Gasteiger partial charge is 0.0318 e. The number of allylic oxidation sites excluding steroid dienone is 2. The summed E-state index contributed by atoms with van der Waals surface area (Å²) in [7, 11) is 0. The van der Waals surface area contributed by atoms with Crippen molar-refractivity contribution in [2.75, 3.05) is 0 Å². The Morgan fingerprint density at radius 1 is 0.632 bits per heavy atom. The maximum atomic E-state index is 2.41. The van der Waals surface area contributed by atoms with Gasteiger partial charge in [0.05, 0.1) is 0 Å². The van der Waals surface area contributed by atoms with Crippen LogP contribution in [0, 0.1) is 0 Å². The first-order valence-corrected chi connectivity index (χ1v) is 9.02. The van der Waals surface area contributed by atoms with Crippen LogP contribution in [-0.4, -0.2) is 0 Å². The van der Waals surface area contributed by atoms with Crippen molar-refractivity contribution in [3.63, 3.8) is 0 Å². The summed E-state index contributed by atoms with van der Waals surface area (Å²) in [6.45, 7) is 4.73. The van der Waals surface area contributed by atoms with Crippen LogP contribution >= 0.6 is 0 Å². The summed E-state index contributed by atoms with van der Waals surface area (Å²) in [5, 5.41) is 0. The van der Waals surface area contributed by atoms with E-state index in [4.69, 9.17) is 0 Å². The van der Waals surface area contributed by atoms with Crippen LogP contribution in [0.2, 0.25) is 0 Å². The Balaban J connectivity index is 2.43. The van der Waals surface area contributed by atoms with Gasteiger partial charge in [-0.2, -0.15) is 0 Å². The highest BCUT2D eigenvalue weighted by atomic mass is 14.1. The van der Waals surface area contributed by atoms with Gasteiger partial charge in [0.15, 0.2) is 0 Å². The zero-order valence-electron chi connectivity index (χ0n) is 13.6. The second-order valence-corrected chi connectivity index (χ2v) is 6.52. The average molecular weight is 264 g/mol. The molecule has 1 aliphatic rings. The zero-order valence-corrected chi connectivity index (χ0v) is 13.6. The quantitative estimate of drug-likeness (QED) is 0.463. The van der Waals surface area contributed by atoms with E-state index in [0.29, 0.717) is 0 Å². The van der Waals surface area contributed by atoms with Gasteiger partial charge in [-0.05, 0) is 39.0 Å². The van der Waals surface area contributed by atoms with Crippen molar-refractivity contribution in [3.05, 3.63) is 11.1 Å². The van der Waals surface area contributed by atoms with Crippen LogP contribution in [0.25, 0.3) is 0 Å². The van der Waals surface area contributed by atoms with Gasteiger partial charge in [0.25, 0.3) is 0 Å². The van der Waals surface area contributed by atoms with E-state index in [-0.39, 0.29) is 0 Å². The molecule has 0 bridgehead atoms. The minimum atomic E-state index is 1.33. The minimum absolute atomic E-state index is 1.33. The molecule has 1 rings (SSSR count). The van der Waals surface area contributed by atoms with Gasteiger partial charge in [0, 0.05) is 0 Å². The van der Waals surface area contributed by atoms with Crippen LogP contribution < -0.4 is 0 Å². The fourth-order valence-electron chi connectivity index (χ4n) is 3.35. The molecule has 1 aliphatic carbocycles. The van der Waals surface area contributed by atoms with E-state index >= 15 is 0 Å². The topological polar surface area (TPSA) is 0 Å². The van der Waals surface area contributed by atoms with Crippen molar-refractivity contribution in [2.24, 2.45) is 0 Å². The van der Waals surface area contributed by atoms with Gasteiger partial charge in [-0.15, -0.1) is 0 Å². The van der Waals surface area contributed by atoms with Crippen molar-refractivity contribution in [1.82, 2.24) is 0 Å². The molecule has 0 atom stereocenters. The first-order valence-electron chi connectivity index (χ1n) is 9.02. The van der Waals surface area contributed by atoms with Gasteiger partial charge in [-0.3, -0.25) is 0 Å². The van der Waals surface area contributed by atoms with Gasteiger partial charge in [0.1, 0.15) is 0 Å². The second-order valence-electron chi connectivity index (χ2n) is 6.52. The van der Waals surface area contributed by atoms with Gasteiger partial charge in [-0.1, -0.05) is 82.3 Å². The van der Waals surface area contributed by atoms with Crippen LogP contribution in [0.3, 0.4) is 0 Å². The number of hydrogen-bond donors (Lipinski definition) is 0. The molecule has 0 fully saturated rings. The van der Waals surface area contributed by atoms with Crippen LogP contribution in [0.4, 0.5) is 0 Å². The fourth-order valence-corrected chi connectivity index (χ4v) is 3.35. The van der Waals surface area contributed by atoms with E-state index in [2.05, 4.69) is 13.8 Å². The van der Waals surface area contributed by atoms with Crippen molar-refractivity contribution in [3.8, 4) is 0 Å². The van der Waals surface area contributed by atoms with Gasteiger partial charge in [-0.25, -0.2) is 0 Å². The highest BCUT2D eigenvalue weighted by molar-refractivity contribution is 5.12. The standard InChI is InChI=1S/C19H36/c1-3-15-19-17-14-12-10-8-6-4-5-7-9-11-13-16-18(19)2/h3-17H2,1-2H3. The van der Waals surface area contributed by atoms with Gasteiger partial charge >= 0.3 is 0 Å². The molecule has 0 saturated carbocycles. The van der Waals surface area contributed by atoms with E-state index in [0.717, 1.165) is 0 Å². The molecule has 0 aromatic rings. The normalized spacial score (nSPS) is 21.8. The predicted octanol–water partition coefficient (Wildman–Crippen LogP) is 7.19. The Bertz CT molecular complexity index is 236. The summed E-state index contributed by atoms with van der Waals surface area (Å²) < 4.78 is 0. The third-order valence-electron chi connectivity index (χ3n) is 4.69. The fraction of sp³-hybridized carbons (Fsp3) is 0.895. The highest BCUT2D eigenvalue weighted by Crippen LogP contribution is 2.24. The summed E-state index contributed by atoms with van der Waals surface area (Å²) in [6, 6.07) is 0. The maximum absolute atomic E-state index is 2.41. The Labute approximate surface area is 122 Å². The SMILES string of the molecule is CCCC1=C(C)CCCCCCCCCCCCC1. The predicted molar refractivity (Wildman–Crippen MR) is 87.6 cm³/mol. The van der Waals surface area contributed by atoms with Gasteiger partial charge in [0.2, 0.25) is 0 Å². The average Bonchev–Trinajstić information content (AvgIpc) is 2.42. The van der Waals surface area contributed by atoms with Crippen LogP contribution in [0.15, 0.2) is 11.1 Å². The molecular formula is C19H36. The summed E-state index contributed by atoms with van der Waals surface area (Å²) in [5.74, 6) is 0. The Morgan fingerprint density at radius 2 is 1.05 bits per heavy atom. The molecule has 0 unspecified atom stereocenters. The molecule has 0 radical (unpaired) electrons. The summed E-state index contributed by atoms with van der Waals surface area (Å²) in [5.41, 5.74) is 3.54. The van der Waals surface area contributed by atoms with Crippen molar-refractivity contribution in [1.29, 1.82) is 0 Å². The Kier molecular flexibility index (Phi) is 10.2. The van der Waals surface area contributed by atoms with Crippen molar-refractivity contribution in [2.45, 2.75) is 110 Å².